The number of carboxylic acids is 1. The maximum Gasteiger partial charge on any atom is 0.335 e. The average molecular weight is 478 g/mol. The number of ether oxygens (including phenoxy) is 1. The number of H-pyrrole nitrogens is 1. The Kier molecular flexibility index (Phi) is 6.36. The van der Waals surface area contributed by atoms with E-state index in [1.165, 1.54) is 12.1 Å². The standard InChI is InChI=1S/C25H17Cl2N3O3/c1-14-2-7-21-22(8-14)30-24(29-21)18(12-28)9-16-10-19(26)23(20(27)11-16)33-13-15-3-5-17(6-4-15)25(31)32/h2-11H,13H2,1H3,(H,29,30)(H,31,32)/b18-9-. The van der Waals surface area contributed by atoms with E-state index in [0.29, 0.717) is 22.7 Å². The van der Waals surface area contributed by atoms with Crippen molar-refractivity contribution in [2.24, 2.45) is 0 Å². The number of aromatic amines is 1. The normalized spacial score (nSPS) is 11.4. The molecule has 0 amide bonds. The van der Waals surface area contributed by atoms with Gasteiger partial charge < -0.3 is 14.8 Å². The van der Waals surface area contributed by atoms with Gasteiger partial charge in [-0.1, -0.05) is 41.4 Å². The molecule has 0 aliphatic carbocycles. The fourth-order valence-electron chi connectivity index (χ4n) is 3.27. The topological polar surface area (TPSA) is 99.0 Å². The second-order valence-corrected chi connectivity index (χ2v) is 8.19. The zero-order valence-electron chi connectivity index (χ0n) is 17.4. The molecule has 0 saturated carbocycles. The van der Waals surface area contributed by atoms with Gasteiger partial charge in [-0.05, 0) is 66.1 Å². The smallest absolute Gasteiger partial charge is 0.335 e. The summed E-state index contributed by atoms with van der Waals surface area (Å²) in [6, 6.07) is 17.6. The maximum absolute atomic E-state index is 11.0. The van der Waals surface area contributed by atoms with Crippen molar-refractivity contribution in [2.75, 3.05) is 0 Å². The fraction of sp³-hybridized carbons (Fsp3) is 0.0800. The van der Waals surface area contributed by atoms with Crippen LogP contribution in [0, 0.1) is 18.3 Å². The largest absolute Gasteiger partial charge is 0.486 e. The molecule has 8 heteroatoms. The minimum Gasteiger partial charge on any atom is -0.486 e. The van der Waals surface area contributed by atoms with E-state index in [4.69, 9.17) is 33.0 Å². The van der Waals surface area contributed by atoms with E-state index >= 15 is 0 Å². The number of halogens is 2. The lowest BCUT2D eigenvalue weighted by Crippen LogP contribution is -1.99. The Hall–Kier alpha value is -3.79. The number of hydrogen-bond acceptors (Lipinski definition) is 4. The monoisotopic (exact) mass is 477 g/mol. The van der Waals surface area contributed by atoms with Crippen LogP contribution in [0.5, 0.6) is 5.75 Å². The summed E-state index contributed by atoms with van der Waals surface area (Å²) < 4.78 is 5.76. The van der Waals surface area contributed by atoms with E-state index in [1.807, 2.05) is 25.1 Å². The van der Waals surface area contributed by atoms with Crippen LogP contribution in [0.4, 0.5) is 0 Å². The molecule has 6 nitrogen and oxygen atoms in total. The lowest BCUT2D eigenvalue weighted by Gasteiger charge is -2.11. The average Bonchev–Trinajstić information content (AvgIpc) is 3.20. The highest BCUT2D eigenvalue weighted by atomic mass is 35.5. The first-order valence-corrected chi connectivity index (χ1v) is 10.6. The van der Waals surface area contributed by atoms with Gasteiger partial charge in [0.25, 0.3) is 0 Å². The number of rotatable bonds is 6. The Morgan fingerprint density at radius 1 is 1.15 bits per heavy atom. The summed E-state index contributed by atoms with van der Waals surface area (Å²) in [5.41, 5.74) is 4.63. The number of allylic oxidation sites excluding steroid dienone is 1. The summed E-state index contributed by atoms with van der Waals surface area (Å²) >= 11 is 12.8. The molecule has 2 N–H and O–H groups in total. The number of nitrogens with one attached hydrogen (secondary N) is 1. The number of benzene rings is 3. The van der Waals surface area contributed by atoms with Gasteiger partial charge in [-0.2, -0.15) is 5.26 Å². The van der Waals surface area contributed by atoms with E-state index < -0.39 is 5.97 Å². The number of hydrogen-bond donors (Lipinski definition) is 2. The molecule has 33 heavy (non-hydrogen) atoms. The first kappa shape index (κ1) is 22.4. The first-order valence-electron chi connectivity index (χ1n) is 9.86. The fourth-order valence-corrected chi connectivity index (χ4v) is 3.88. The molecule has 1 aromatic heterocycles. The zero-order valence-corrected chi connectivity index (χ0v) is 18.9. The lowest BCUT2D eigenvalue weighted by molar-refractivity contribution is 0.0697. The first-order chi connectivity index (χ1) is 15.8. The molecular weight excluding hydrogens is 461 g/mol. The summed E-state index contributed by atoms with van der Waals surface area (Å²) in [5.74, 6) is -0.238. The van der Waals surface area contributed by atoms with Gasteiger partial charge in [-0.25, -0.2) is 9.78 Å². The number of fused-ring (bicyclic) bond motifs is 1. The van der Waals surface area contributed by atoms with Crippen LogP contribution in [0.2, 0.25) is 10.0 Å². The van der Waals surface area contributed by atoms with Gasteiger partial charge in [-0.15, -0.1) is 0 Å². The minimum absolute atomic E-state index is 0.163. The van der Waals surface area contributed by atoms with E-state index in [1.54, 1.807) is 30.3 Å². The van der Waals surface area contributed by atoms with Crippen LogP contribution in [0.3, 0.4) is 0 Å². The summed E-state index contributed by atoms with van der Waals surface area (Å²) in [7, 11) is 0. The zero-order chi connectivity index (χ0) is 23.5. The van der Waals surface area contributed by atoms with Crippen molar-refractivity contribution in [1.29, 1.82) is 5.26 Å². The summed E-state index contributed by atoms with van der Waals surface area (Å²) in [4.78, 5) is 18.6. The highest BCUT2D eigenvalue weighted by molar-refractivity contribution is 6.37. The van der Waals surface area contributed by atoms with Crippen molar-refractivity contribution in [2.45, 2.75) is 13.5 Å². The van der Waals surface area contributed by atoms with Crippen LogP contribution < -0.4 is 4.74 Å². The number of carbonyl (C=O) groups is 1. The SMILES string of the molecule is Cc1ccc2nc(/C(C#N)=C\c3cc(Cl)c(OCc4ccc(C(=O)O)cc4)c(Cl)c3)[nH]c2c1. The van der Waals surface area contributed by atoms with Crippen molar-refractivity contribution < 1.29 is 14.6 Å². The highest BCUT2D eigenvalue weighted by Gasteiger charge is 2.13. The Morgan fingerprint density at radius 2 is 1.85 bits per heavy atom. The van der Waals surface area contributed by atoms with Crippen LogP contribution in [0.15, 0.2) is 54.6 Å². The van der Waals surface area contributed by atoms with Crippen molar-refractivity contribution in [3.8, 4) is 11.8 Å². The second kappa shape index (κ2) is 9.37. The molecule has 3 aromatic carbocycles. The molecule has 4 rings (SSSR count). The molecule has 0 radical (unpaired) electrons. The second-order valence-electron chi connectivity index (χ2n) is 7.38. The van der Waals surface area contributed by atoms with E-state index in [2.05, 4.69) is 16.0 Å². The molecule has 0 spiro atoms. The summed E-state index contributed by atoms with van der Waals surface area (Å²) in [6.45, 7) is 2.15. The van der Waals surface area contributed by atoms with E-state index in [0.717, 1.165) is 22.2 Å². The Balaban J connectivity index is 1.56. The molecule has 0 unspecified atom stereocenters. The van der Waals surface area contributed by atoms with Crippen molar-refractivity contribution in [1.82, 2.24) is 9.97 Å². The molecule has 0 aliphatic heterocycles. The Bertz CT molecular complexity index is 1410. The Labute approximate surface area is 199 Å². The number of carboxylic acid groups (broad SMARTS) is 1. The van der Waals surface area contributed by atoms with Crippen molar-refractivity contribution in [3.63, 3.8) is 0 Å². The Morgan fingerprint density at radius 3 is 2.48 bits per heavy atom. The van der Waals surface area contributed by atoms with Crippen molar-refractivity contribution in [3.05, 3.63) is 92.7 Å². The van der Waals surface area contributed by atoms with Crippen LogP contribution in [0.1, 0.15) is 32.9 Å². The summed E-state index contributed by atoms with van der Waals surface area (Å²) in [6.07, 6.45) is 1.65. The molecule has 0 atom stereocenters. The van der Waals surface area contributed by atoms with Gasteiger partial charge in [0, 0.05) is 0 Å². The molecule has 0 fully saturated rings. The minimum atomic E-state index is -0.994. The van der Waals surface area contributed by atoms with E-state index in [9.17, 15) is 10.1 Å². The lowest BCUT2D eigenvalue weighted by atomic mass is 10.1. The van der Waals surface area contributed by atoms with Crippen LogP contribution in [-0.4, -0.2) is 21.0 Å². The van der Waals surface area contributed by atoms with Gasteiger partial charge in [0.1, 0.15) is 18.5 Å². The third-order valence-corrected chi connectivity index (χ3v) is 5.49. The highest BCUT2D eigenvalue weighted by Crippen LogP contribution is 2.36. The number of aromatic nitrogens is 2. The molecule has 4 aromatic rings. The van der Waals surface area contributed by atoms with Gasteiger partial charge in [0.05, 0.1) is 32.2 Å². The third-order valence-electron chi connectivity index (χ3n) is 4.93. The van der Waals surface area contributed by atoms with Gasteiger partial charge >= 0.3 is 5.97 Å². The predicted molar refractivity (Wildman–Crippen MR) is 129 cm³/mol. The number of aromatic carboxylic acids is 1. The number of imidazole rings is 1. The van der Waals surface area contributed by atoms with Crippen LogP contribution in [-0.2, 0) is 6.61 Å². The molecule has 0 saturated heterocycles. The molecule has 0 aliphatic rings. The number of nitrogens with zero attached hydrogens (tertiary/aromatic N) is 2. The van der Waals surface area contributed by atoms with Gasteiger partial charge in [-0.3, -0.25) is 0 Å². The van der Waals surface area contributed by atoms with Gasteiger partial charge in [0.15, 0.2) is 5.75 Å². The van der Waals surface area contributed by atoms with E-state index in [-0.39, 0.29) is 22.2 Å². The number of aryl methyl sites for hydroxylation is 1. The van der Waals surface area contributed by atoms with Crippen molar-refractivity contribution >= 4 is 51.9 Å². The van der Waals surface area contributed by atoms with Gasteiger partial charge in [0.2, 0.25) is 0 Å². The van der Waals surface area contributed by atoms with Crippen LogP contribution >= 0.6 is 23.2 Å². The molecule has 164 valence electrons. The quantitative estimate of drug-likeness (QED) is 0.308. The molecule has 0 bridgehead atoms. The van der Waals surface area contributed by atoms with Crippen LogP contribution in [0.25, 0.3) is 22.7 Å². The molecule has 1 heterocycles. The summed E-state index contributed by atoms with van der Waals surface area (Å²) in [5, 5.41) is 19.2. The molecular formula is C25H17Cl2N3O3. The predicted octanol–water partition coefficient (Wildman–Crippen LogP) is 6.52. The third kappa shape index (κ3) is 5.01. The number of nitriles is 1. The maximum atomic E-state index is 11.0.